The van der Waals surface area contributed by atoms with Crippen molar-refractivity contribution in [1.82, 2.24) is 9.97 Å². The van der Waals surface area contributed by atoms with Crippen molar-refractivity contribution in [2.45, 2.75) is 0 Å². The highest BCUT2D eigenvalue weighted by Crippen LogP contribution is 2.21. The molecule has 9 nitrogen and oxygen atoms in total. The van der Waals surface area contributed by atoms with Gasteiger partial charge in [0, 0.05) is 0 Å². The minimum atomic E-state index is -0.972. The van der Waals surface area contributed by atoms with E-state index in [-0.39, 0.29) is 11.1 Å². The van der Waals surface area contributed by atoms with Gasteiger partial charge in [0.2, 0.25) is 0 Å². The van der Waals surface area contributed by atoms with Gasteiger partial charge < -0.3 is 23.5 Å². The highest BCUT2D eigenvalue weighted by Gasteiger charge is 2.14. The van der Waals surface area contributed by atoms with Crippen molar-refractivity contribution in [2.24, 2.45) is 10.2 Å². The van der Waals surface area contributed by atoms with Crippen LogP contribution in [0.4, 0.5) is 4.79 Å². The molecule has 4 rings (SSSR count). The molecule has 0 aromatic heterocycles. The molecule has 9 heteroatoms. The average Bonchev–Trinajstić information content (AvgIpc) is 2.68. The zero-order valence-corrected chi connectivity index (χ0v) is 13.5. The number of aromatic nitrogens is 2. The van der Waals surface area contributed by atoms with E-state index in [1.54, 1.807) is 12.1 Å². The summed E-state index contributed by atoms with van der Waals surface area (Å²) in [6.07, 6.45) is -0.972. The van der Waals surface area contributed by atoms with Crippen LogP contribution < -0.4 is 0 Å². The number of ether oxygens (including phenoxy) is 1. The number of aromatic amines is 2. The Hall–Kier alpha value is -3.88. The quantitative estimate of drug-likeness (QED) is 0.500. The molecule has 2 aliphatic rings. The van der Waals surface area contributed by atoms with E-state index in [0.29, 0.717) is 16.7 Å². The predicted molar refractivity (Wildman–Crippen MR) is 89.2 cm³/mol. The number of para-hydroxylation sites is 3. The number of azo groups is 1. The van der Waals surface area contributed by atoms with Crippen LogP contribution in [-0.4, -0.2) is 29.1 Å². The topological polar surface area (TPSA) is 126 Å². The molecule has 0 unspecified atom stereocenters. The van der Waals surface area contributed by atoms with Gasteiger partial charge in [0.15, 0.2) is 11.2 Å². The maximum Gasteiger partial charge on any atom is 0.452 e. The molecule has 130 valence electrons. The maximum absolute atomic E-state index is 12.2. The van der Waals surface area contributed by atoms with Gasteiger partial charge in [-0.2, -0.15) is 0 Å². The molecule has 0 spiro atoms. The van der Waals surface area contributed by atoms with Crippen molar-refractivity contribution < 1.29 is 23.2 Å². The number of fused-ring (bicyclic) bond motifs is 2. The van der Waals surface area contributed by atoms with Crippen LogP contribution in [0, 0.1) is 11.1 Å². The Kier molecular flexibility index (Phi) is 3.73. The minimum absolute atomic E-state index is 0.0994. The molecule has 2 aliphatic heterocycles. The first kappa shape index (κ1) is 15.6. The second-order valence-corrected chi connectivity index (χ2v) is 5.27. The van der Waals surface area contributed by atoms with E-state index >= 15 is 0 Å². The smallest absolute Gasteiger partial charge is 0.450 e. The standard InChI is InChI=1S/C17H12N4O5/c1-24-17(23)21-20-14(22)9-5-4-8-12-13(9)26-16-15(25-12)18-10-6-2-3-7-11(10)19-16/h2-8,18-19H,1H3. The third kappa shape index (κ3) is 2.71. The lowest BCUT2D eigenvalue weighted by Crippen LogP contribution is -1.99. The molecule has 0 bridgehead atoms. The molecule has 2 N–H and O–H groups in total. The number of H-pyrrole nitrogens is 2. The van der Waals surface area contributed by atoms with Crippen LogP contribution in [-0.2, 0) is 4.74 Å². The molecule has 26 heavy (non-hydrogen) atoms. The summed E-state index contributed by atoms with van der Waals surface area (Å²) >= 11 is 0. The van der Waals surface area contributed by atoms with Crippen molar-refractivity contribution in [2.75, 3.05) is 7.11 Å². The number of hydrogen-bond donors (Lipinski definition) is 2. The molecular weight excluding hydrogens is 340 g/mol. The van der Waals surface area contributed by atoms with Gasteiger partial charge in [0.05, 0.1) is 23.7 Å². The van der Waals surface area contributed by atoms with E-state index < -0.39 is 12.0 Å². The monoisotopic (exact) mass is 352 g/mol. The Morgan fingerprint density at radius 2 is 1.62 bits per heavy atom. The van der Waals surface area contributed by atoms with E-state index in [1.165, 1.54) is 6.07 Å². The summed E-state index contributed by atoms with van der Waals surface area (Å²) in [6, 6.07) is 12.3. The summed E-state index contributed by atoms with van der Waals surface area (Å²) < 4.78 is 15.9. The Morgan fingerprint density at radius 3 is 2.31 bits per heavy atom. The number of hydrogen-bond acceptors (Lipinski definition) is 5. The first-order valence-corrected chi connectivity index (χ1v) is 7.56. The molecule has 2 aromatic rings. The highest BCUT2D eigenvalue weighted by molar-refractivity contribution is 6.04. The summed E-state index contributed by atoms with van der Waals surface area (Å²) in [5, 5.41) is 6.49. The SMILES string of the molecule is COC(=O)N=NC(=O)c1cccc2oc3[nH]c4ccccc4[nH]c=3oc12. The zero-order chi connectivity index (χ0) is 18.1. The number of methoxy groups -OCH3 is 1. The fourth-order valence-electron chi connectivity index (χ4n) is 2.47. The highest BCUT2D eigenvalue weighted by atomic mass is 16.5. The minimum Gasteiger partial charge on any atom is -0.450 e. The van der Waals surface area contributed by atoms with E-state index in [0.717, 1.165) is 18.1 Å². The number of benzene rings is 2. The number of nitrogens with one attached hydrogen (secondary N) is 2. The molecule has 2 heterocycles. The van der Waals surface area contributed by atoms with Gasteiger partial charge in [0.25, 0.3) is 17.0 Å². The number of nitrogens with zero attached hydrogens (tertiary/aromatic N) is 2. The third-order valence-corrected chi connectivity index (χ3v) is 3.65. The van der Waals surface area contributed by atoms with E-state index in [4.69, 9.17) is 8.83 Å². The Bertz CT molecular complexity index is 1270. The molecule has 0 fully saturated rings. The van der Waals surface area contributed by atoms with Crippen LogP contribution >= 0.6 is 0 Å². The average molecular weight is 352 g/mol. The third-order valence-electron chi connectivity index (χ3n) is 3.65. The van der Waals surface area contributed by atoms with Gasteiger partial charge in [-0.05, 0) is 24.3 Å². The summed E-state index contributed by atoms with van der Waals surface area (Å²) in [4.78, 5) is 29.5. The maximum atomic E-state index is 12.2. The normalized spacial score (nSPS) is 11.4. The predicted octanol–water partition coefficient (Wildman–Crippen LogP) is 4.04. The molecule has 0 radical (unpaired) electrons. The molecule has 0 saturated carbocycles. The van der Waals surface area contributed by atoms with Crippen molar-refractivity contribution in [3.8, 4) is 0 Å². The summed E-state index contributed by atoms with van der Waals surface area (Å²) in [5.74, 6) is -0.760. The van der Waals surface area contributed by atoms with E-state index in [2.05, 4.69) is 24.9 Å². The van der Waals surface area contributed by atoms with Crippen molar-refractivity contribution in [3.05, 3.63) is 59.1 Å². The zero-order valence-electron chi connectivity index (χ0n) is 13.5. The second-order valence-electron chi connectivity index (χ2n) is 5.27. The molecule has 0 aliphatic carbocycles. The summed E-state index contributed by atoms with van der Waals surface area (Å²) in [7, 11) is 1.14. The molecule has 0 saturated heterocycles. The summed E-state index contributed by atoms with van der Waals surface area (Å²) in [5.41, 5.74) is 2.91. The molecule has 0 atom stereocenters. The van der Waals surface area contributed by atoms with Crippen LogP contribution in [0.1, 0.15) is 10.4 Å². The lowest BCUT2D eigenvalue weighted by molar-refractivity contribution is 0.0990. The van der Waals surface area contributed by atoms with Gasteiger partial charge in [0.1, 0.15) is 0 Å². The van der Waals surface area contributed by atoms with Gasteiger partial charge in [-0.25, -0.2) is 4.79 Å². The van der Waals surface area contributed by atoms with Crippen LogP contribution in [0.5, 0.6) is 0 Å². The Balaban J connectivity index is 1.93. The Labute approximate surface area is 144 Å². The lowest BCUT2D eigenvalue weighted by Gasteiger charge is -2.04. The fraction of sp³-hybridized carbons (Fsp3) is 0.0588. The van der Waals surface area contributed by atoms with Gasteiger partial charge >= 0.3 is 6.09 Å². The van der Waals surface area contributed by atoms with E-state index in [1.807, 2.05) is 24.3 Å². The fourth-order valence-corrected chi connectivity index (χ4v) is 2.47. The van der Waals surface area contributed by atoms with Crippen LogP contribution in [0.25, 0.3) is 22.2 Å². The van der Waals surface area contributed by atoms with Crippen LogP contribution in [0.2, 0.25) is 0 Å². The molecule has 2 amide bonds. The second kappa shape index (κ2) is 6.20. The van der Waals surface area contributed by atoms with Gasteiger partial charge in [-0.3, -0.25) is 4.79 Å². The molecular formula is C17H12N4O5. The Morgan fingerprint density at radius 1 is 0.923 bits per heavy atom. The first-order chi connectivity index (χ1) is 12.7. The number of carbonyl (C=O) groups excluding carboxylic acids is 2. The van der Waals surface area contributed by atoms with Crippen molar-refractivity contribution in [1.29, 1.82) is 0 Å². The summed E-state index contributed by atoms with van der Waals surface area (Å²) in [6.45, 7) is 0. The lowest BCUT2D eigenvalue weighted by atomic mass is 10.2. The largest absolute Gasteiger partial charge is 0.452 e. The van der Waals surface area contributed by atoms with Crippen LogP contribution in [0.3, 0.4) is 0 Å². The molecule has 2 aromatic carbocycles. The van der Waals surface area contributed by atoms with Gasteiger partial charge in [-0.1, -0.05) is 28.4 Å². The van der Waals surface area contributed by atoms with E-state index in [9.17, 15) is 9.59 Å². The number of rotatable bonds is 1. The van der Waals surface area contributed by atoms with Crippen molar-refractivity contribution in [3.63, 3.8) is 0 Å². The van der Waals surface area contributed by atoms with Crippen LogP contribution in [0.15, 0.2) is 61.5 Å². The van der Waals surface area contributed by atoms with Gasteiger partial charge in [-0.15, -0.1) is 0 Å². The number of amides is 2. The van der Waals surface area contributed by atoms with Crippen molar-refractivity contribution >= 4 is 34.2 Å². The first-order valence-electron chi connectivity index (χ1n) is 7.56. The number of carbonyl (C=O) groups is 2.